The summed E-state index contributed by atoms with van der Waals surface area (Å²) in [5.74, 6) is 3.06. The summed E-state index contributed by atoms with van der Waals surface area (Å²) in [4.78, 5) is 11.6. The minimum absolute atomic E-state index is 0.171. The van der Waals surface area contributed by atoms with Gasteiger partial charge in [0, 0.05) is 25.4 Å². The lowest BCUT2D eigenvalue weighted by atomic mass is 10.4. The van der Waals surface area contributed by atoms with Crippen LogP contribution in [0.5, 0.6) is 0 Å². The second-order valence-electron chi connectivity index (χ2n) is 3.90. The molecule has 0 saturated heterocycles. The smallest absolute Gasteiger partial charge is 0.137 e. The highest BCUT2D eigenvalue weighted by Crippen LogP contribution is 2.15. The molecule has 2 rings (SSSR count). The molecule has 0 radical (unpaired) electrons. The van der Waals surface area contributed by atoms with E-state index in [1.165, 1.54) is 0 Å². The van der Waals surface area contributed by atoms with Crippen LogP contribution in [0.4, 0.5) is 17.5 Å². The van der Waals surface area contributed by atoms with E-state index < -0.39 is 0 Å². The lowest BCUT2D eigenvalue weighted by molar-refractivity contribution is 0.292. The molecule has 0 aliphatic rings. The second-order valence-corrected chi connectivity index (χ2v) is 3.90. The summed E-state index contributed by atoms with van der Waals surface area (Å²) in [6.07, 6.45) is 2.54. The molecule has 0 saturated carbocycles. The molecule has 6 nitrogen and oxygen atoms in total. The van der Waals surface area contributed by atoms with Crippen molar-refractivity contribution in [2.45, 2.75) is 13.3 Å². The topological polar surface area (TPSA) is 85.9 Å². The third-order valence-corrected chi connectivity index (χ3v) is 2.34. The molecule has 0 aliphatic carbocycles. The van der Waals surface area contributed by atoms with Gasteiger partial charge in [-0.15, -0.1) is 0 Å². The maximum absolute atomic E-state index is 8.74. The van der Waals surface area contributed by atoms with E-state index in [1.807, 2.05) is 31.3 Å². The maximum atomic E-state index is 8.74. The van der Waals surface area contributed by atoms with E-state index in [1.54, 1.807) is 0 Å². The summed E-state index contributed by atoms with van der Waals surface area (Å²) in [6.45, 7) is 2.71. The van der Waals surface area contributed by atoms with E-state index in [4.69, 9.17) is 5.11 Å². The Labute approximate surface area is 105 Å². The molecule has 2 heterocycles. The fourth-order valence-electron chi connectivity index (χ4n) is 1.56. The number of aliphatic hydroxyl groups excluding tert-OH is 1. The Morgan fingerprint density at radius 2 is 2.17 bits per heavy atom. The maximum Gasteiger partial charge on any atom is 0.137 e. The first-order chi connectivity index (χ1) is 8.78. The molecule has 0 fully saturated rings. The molecule has 0 atom stereocenters. The third-order valence-electron chi connectivity index (χ3n) is 2.34. The minimum Gasteiger partial charge on any atom is -0.396 e. The van der Waals surface area contributed by atoms with Crippen LogP contribution in [0, 0.1) is 6.92 Å². The number of aliphatic hydroxyl groups is 1. The average molecular weight is 247 g/mol. The fourth-order valence-corrected chi connectivity index (χ4v) is 1.56. The van der Waals surface area contributed by atoms with Gasteiger partial charge in [-0.05, 0) is 25.5 Å². The molecule has 4 N–H and O–H groups in total. The monoisotopic (exact) mass is 247 g/mol. The lowest BCUT2D eigenvalue weighted by Crippen LogP contribution is -2.07. The number of hydrogen-bond donors (Lipinski definition) is 4. The van der Waals surface area contributed by atoms with E-state index in [0.29, 0.717) is 18.8 Å². The normalized spacial score (nSPS) is 10.3. The van der Waals surface area contributed by atoms with E-state index in [2.05, 4.69) is 25.6 Å². The number of nitrogens with one attached hydrogen (secondary N) is 3. The third kappa shape index (κ3) is 3.46. The molecule has 0 amide bonds. The Balaban J connectivity index is 2.06. The zero-order valence-corrected chi connectivity index (χ0v) is 10.3. The van der Waals surface area contributed by atoms with Crippen molar-refractivity contribution >= 4 is 17.5 Å². The highest BCUT2D eigenvalue weighted by atomic mass is 16.3. The van der Waals surface area contributed by atoms with Gasteiger partial charge >= 0.3 is 0 Å². The van der Waals surface area contributed by atoms with Crippen LogP contribution in [-0.4, -0.2) is 33.2 Å². The fraction of sp³-hybridized carbons (Fsp3) is 0.333. The Kier molecular flexibility index (Phi) is 4.14. The molecule has 0 unspecified atom stereocenters. The van der Waals surface area contributed by atoms with Gasteiger partial charge < -0.3 is 20.7 Å². The van der Waals surface area contributed by atoms with Crippen molar-refractivity contribution in [3.8, 4) is 0 Å². The van der Waals surface area contributed by atoms with Crippen LogP contribution in [0.1, 0.15) is 12.2 Å². The van der Waals surface area contributed by atoms with Gasteiger partial charge in [-0.3, -0.25) is 0 Å². The highest BCUT2D eigenvalue weighted by Gasteiger charge is 2.02. The van der Waals surface area contributed by atoms with E-state index >= 15 is 0 Å². The number of H-pyrrole nitrogens is 1. The number of rotatable bonds is 6. The van der Waals surface area contributed by atoms with Crippen LogP contribution in [0.3, 0.4) is 0 Å². The molecule has 0 aromatic carbocycles. The first-order valence-electron chi connectivity index (χ1n) is 5.89. The predicted molar refractivity (Wildman–Crippen MR) is 71.0 cm³/mol. The van der Waals surface area contributed by atoms with Crippen molar-refractivity contribution in [2.24, 2.45) is 0 Å². The summed E-state index contributed by atoms with van der Waals surface area (Å²) in [6, 6.07) is 5.68. The molecule has 0 bridgehead atoms. The summed E-state index contributed by atoms with van der Waals surface area (Å²) >= 11 is 0. The van der Waals surface area contributed by atoms with Crippen molar-refractivity contribution in [1.82, 2.24) is 15.0 Å². The molecule has 0 aliphatic heterocycles. The van der Waals surface area contributed by atoms with Crippen molar-refractivity contribution in [3.05, 3.63) is 30.2 Å². The molecular weight excluding hydrogens is 230 g/mol. The number of hydrogen-bond acceptors (Lipinski definition) is 5. The van der Waals surface area contributed by atoms with Gasteiger partial charge in [0.15, 0.2) is 0 Å². The van der Waals surface area contributed by atoms with Crippen molar-refractivity contribution in [1.29, 1.82) is 0 Å². The number of aromatic nitrogens is 3. The number of anilines is 3. The van der Waals surface area contributed by atoms with Crippen molar-refractivity contribution in [2.75, 3.05) is 23.8 Å². The summed E-state index contributed by atoms with van der Waals surface area (Å²) in [5.41, 5.74) is 0. The Hall–Kier alpha value is -2.08. The first kappa shape index (κ1) is 12.4. The number of aromatic amines is 1. The van der Waals surface area contributed by atoms with E-state index in [-0.39, 0.29) is 6.61 Å². The number of aryl methyl sites for hydroxylation is 1. The van der Waals surface area contributed by atoms with Crippen LogP contribution in [0.2, 0.25) is 0 Å². The zero-order valence-electron chi connectivity index (χ0n) is 10.3. The molecule has 18 heavy (non-hydrogen) atoms. The first-order valence-corrected chi connectivity index (χ1v) is 5.89. The zero-order chi connectivity index (χ0) is 12.8. The second kappa shape index (κ2) is 6.02. The summed E-state index contributed by atoms with van der Waals surface area (Å²) in [5, 5.41) is 15.0. The molecular formula is C12H17N5O. The van der Waals surface area contributed by atoms with Gasteiger partial charge in [-0.1, -0.05) is 0 Å². The van der Waals surface area contributed by atoms with Crippen LogP contribution < -0.4 is 10.6 Å². The lowest BCUT2D eigenvalue weighted by Gasteiger charge is -2.08. The van der Waals surface area contributed by atoms with Crippen molar-refractivity contribution < 1.29 is 5.11 Å². The van der Waals surface area contributed by atoms with Crippen molar-refractivity contribution in [3.63, 3.8) is 0 Å². The molecule has 2 aromatic heterocycles. The van der Waals surface area contributed by atoms with Crippen LogP contribution >= 0.6 is 0 Å². The summed E-state index contributed by atoms with van der Waals surface area (Å²) < 4.78 is 0. The quantitative estimate of drug-likeness (QED) is 0.583. The average Bonchev–Trinajstić information content (AvgIpc) is 2.81. The standard InChI is InChI=1S/C12H17N5O/c1-9-15-11(14-6-3-7-18)8-12(16-9)17-10-4-2-5-13-10/h2,4-5,8,13,18H,3,6-7H2,1H3,(H2,14,15,16,17). The van der Waals surface area contributed by atoms with Gasteiger partial charge in [0.1, 0.15) is 23.3 Å². The Morgan fingerprint density at radius 3 is 2.89 bits per heavy atom. The number of nitrogens with zero attached hydrogens (tertiary/aromatic N) is 2. The summed E-state index contributed by atoms with van der Waals surface area (Å²) in [7, 11) is 0. The Morgan fingerprint density at radius 1 is 1.33 bits per heavy atom. The SMILES string of the molecule is Cc1nc(NCCCO)cc(Nc2ccc[nH]2)n1. The molecule has 2 aromatic rings. The largest absolute Gasteiger partial charge is 0.396 e. The van der Waals surface area contributed by atoms with Gasteiger partial charge in [0.25, 0.3) is 0 Å². The van der Waals surface area contributed by atoms with Gasteiger partial charge in [0.05, 0.1) is 0 Å². The van der Waals surface area contributed by atoms with Crippen LogP contribution in [0.25, 0.3) is 0 Å². The van der Waals surface area contributed by atoms with E-state index in [9.17, 15) is 0 Å². The minimum atomic E-state index is 0.171. The Bertz CT molecular complexity index is 483. The van der Waals surface area contributed by atoms with E-state index in [0.717, 1.165) is 17.5 Å². The molecule has 96 valence electrons. The van der Waals surface area contributed by atoms with Gasteiger partial charge in [-0.2, -0.15) is 0 Å². The highest BCUT2D eigenvalue weighted by molar-refractivity contribution is 5.56. The molecule has 0 spiro atoms. The van der Waals surface area contributed by atoms with Gasteiger partial charge in [-0.25, -0.2) is 9.97 Å². The predicted octanol–water partition coefficient (Wildman–Crippen LogP) is 1.65. The van der Waals surface area contributed by atoms with Crippen LogP contribution in [0.15, 0.2) is 24.4 Å². The molecule has 6 heteroatoms. The van der Waals surface area contributed by atoms with Gasteiger partial charge in [0.2, 0.25) is 0 Å². The van der Waals surface area contributed by atoms with Crippen LogP contribution in [-0.2, 0) is 0 Å².